The van der Waals surface area contributed by atoms with Crippen LogP contribution in [0.2, 0.25) is 0 Å². The molecule has 0 aromatic heterocycles. The Morgan fingerprint density at radius 2 is 2.11 bits per heavy atom. The van der Waals surface area contributed by atoms with Gasteiger partial charge in [0.1, 0.15) is 23.9 Å². The zero-order chi connectivity index (χ0) is 19.7. The predicted octanol–water partition coefficient (Wildman–Crippen LogP) is 5.28. The number of carbonyl (C=O) groups is 1. The maximum Gasteiger partial charge on any atom is 0.231 e. The lowest BCUT2D eigenvalue weighted by atomic mass is 10.1. The van der Waals surface area contributed by atoms with Gasteiger partial charge in [-0.25, -0.2) is 0 Å². The van der Waals surface area contributed by atoms with Gasteiger partial charge in [-0.3, -0.25) is 4.79 Å². The van der Waals surface area contributed by atoms with Gasteiger partial charge in [-0.15, -0.1) is 0 Å². The number of hydrogen-bond donors (Lipinski definition) is 0. The second-order valence-corrected chi connectivity index (χ2v) is 7.70. The van der Waals surface area contributed by atoms with Gasteiger partial charge in [0.05, 0.1) is 12.2 Å². The molecule has 0 unspecified atom stereocenters. The minimum atomic E-state index is -0.161. The second-order valence-electron chi connectivity index (χ2n) is 6.78. The Hall–Kier alpha value is -2.57. The van der Waals surface area contributed by atoms with Crippen molar-refractivity contribution in [1.29, 1.82) is 0 Å². The monoisotopic (exact) mass is 442 g/mol. The van der Waals surface area contributed by atoms with Crippen LogP contribution in [0.4, 0.5) is 0 Å². The Labute approximate surface area is 171 Å². The van der Waals surface area contributed by atoms with E-state index in [1.807, 2.05) is 32.1 Å². The summed E-state index contributed by atoms with van der Waals surface area (Å²) in [6.45, 7) is 5.16. The van der Waals surface area contributed by atoms with E-state index in [0.29, 0.717) is 36.0 Å². The lowest BCUT2D eigenvalue weighted by Crippen LogP contribution is -2.12. The summed E-state index contributed by atoms with van der Waals surface area (Å²) in [7, 11) is 0. The first-order chi connectivity index (χ1) is 13.5. The third-order valence-electron chi connectivity index (χ3n) is 4.37. The maximum absolute atomic E-state index is 12.7. The van der Waals surface area contributed by atoms with E-state index in [1.54, 1.807) is 24.3 Å². The van der Waals surface area contributed by atoms with Gasteiger partial charge in [0.25, 0.3) is 0 Å². The molecule has 2 heterocycles. The standard InChI is InChI=1S/C22H19BrO5/c1-13(2)5-6-26-17-3-4-18-19(10-17)28-20(21(18)24)9-14-7-16(23)8-15-11-25-12-27-22(14)15/h3-5,7-10H,6,11-12H2,1-2H3. The van der Waals surface area contributed by atoms with E-state index in [0.717, 1.165) is 15.6 Å². The summed E-state index contributed by atoms with van der Waals surface area (Å²) in [6, 6.07) is 9.09. The van der Waals surface area contributed by atoms with Crippen molar-refractivity contribution >= 4 is 27.8 Å². The summed E-state index contributed by atoms with van der Waals surface area (Å²) in [5, 5.41) is 0. The van der Waals surface area contributed by atoms with E-state index < -0.39 is 0 Å². The number of rotatable bonds is 4. The molecule has 4 rings (SSSR count). The largest absolute Gasteiger partial charge is 0.489 e. The predicted molar refractivity (Wildman–Crippen MR) is 109 cm³/mol. The van der Waals surface area contributed by atoms with Crippen LogP contribution < -0.4 is 14.2 Å². The van der Waals surface area contributed by atoms with Gasteiger partial charge in [-0.1, -0.05) is 21.5 Å². The smallest absolute Gasteiger partial charge is 0.231 e. The third-order valence-corrected chi connectivity index (χ3v) is 4.83. The summed E-state index contributed by atoms with van der Waals surface area (Å²) in [5.41, 5.74) is 3.39. The van der Waals surface area contributed by atoms with Crippen LogP contribution in [0.15, 0.2) is 52.2 Å². The van der Waals surface area contributed by atoms with Crippen molar-refractivity contribution in [2.45, 2.75) is 20.5 Å². The van der Waals surface area contributed by atoms with E-state index in [1.165, 1.54) is 5.57 Å². The molecule has 0 bridgehead atoms. The molecule has 0 saturated carbocycles. The topological polar surface area (TPSA) is 54.0 Å². The highest BCUT2D eigenvalue weighted by atomic mass is 79.9. The molecular weight excluding hydrogens is 424 g/mol. The van der Waals surface area contributed by atoms with Gasteiger partial charge in [-0.05, 0) is 50.3 Å². The highest BCUT2D eigenvalue weighted by molar-refractivity contribution is 9.10. The molecule has 0 fully saturated rings. The number of ketones is 1. The number of carbonyl (C=O) groups excluding carboxylic acids is 1. The van der Waals surface area contributed by atoms with E-state index >= 15 is 0 Å². The Kier molecular flexibility index (Phi) is 5.24. The van der Waals surface area contributed by atoms with E-state index in [9.17, 15) is 4.79 Å². The van der Waals surface area contributed by atoms with Crippen molar-refractivity contribution < 1.29 is 23.7 Å². The molecule has 2 aromatic rings. The van der Waals surface area contributed by atoms with Gasteiger partial charge in [-0.2, -0.15) is 0 Å². The van der Waals surface area contributed by atoms with Crippen LogP contribution in [0.1, 0.15) is 35.3 Å². The zero-order valence-corrected chi connectivity index (χ0v) is 17.2. The van der Waals surface area contributed by atoms with Crippen molar-refractivity contribution in [1.82, 2.24) is 0 Å². The first kappa shape index (κ1) is 18.8. The molecule has 0 spiro atoms. The summed E-state index contributed by atoms with van der Waals surface area (Å²) in [4.78, 5) is 12.7. The van der Waals surface area contributed by atoms with E-state index in [4.69, 9.17) is 18.9 Å². The molecule has 6 heteroatoms. The molecule has 0 amide bonds. The van der Waals surface area contributed by atoms with Crippen LogP contribution in [-0.4, -0.2) is 19.2 Å². The van der Waals surface area contributed by atoms with Crippen molar-refractivity contribution in [2.75, 3.05) is 13.4 Å². The lowest BCUT2D eigenvalue weighted by Gasteiger charge is -2.20. The number of hydrogen-bond acceptors (Lipinski definition) is 5. The number of halogens is 1. The summed E-state index contributed by atoms with van der Waals surface area (Å²) in [6.07, 6.45) is 3.70. The quantitative estimate of drug-likeness (QED) is 0.476. The van der Waals surface area contributed by atoms with Gasteiger partial charge >= 0.3 is 0 Å². The second kappa shape index (κ2) is 7.81. The van der Waals surface area contributed by atoms with Crippen molar-refractivity contribution in [3.05, 3.63) is 68.9 Å². The zero-order valence-electron chi connectivity index (χ0n) is 15.6. The number of benzene rings is 2. The average molecular weight is 443 g/mol. The van der Waals surface area contributed by atoms with Crippen molar-refractivity contribution in [2.24, 2.45) is 0 Å². The third kappa shape index (κ3) is 3.84. The van der Waals surface area contributed by atoms with Gasteiger partial charge in [0.15, 0.2) is 12.6 Å². The van der Waals surface area contributed by atoms with Crippen molar-refractivity contribution in [3.63, 3.8) is 0 Å². The maximum atomic E-state index is 12.7. The van der Waals surface area contributed by atoms with Gasteiger partial charge < -0.3 is 18.9 Å². The summed E-state index contributed by atoms with van der Waals surface area (Å²) < 4.78 is 23.4. The molecule has 0 N–H and O–H groups in total. The molecule has 144 valence electrons. The van der Waals surface area contributed by atoms with E-state index in [2.05, 4.69) is 15.9 Å². The fraction of sp³-hybridized carbons (Fsp3) is 0.227. The normalized spacial score (nSPS) is 16.1. The Morgan fingerprint density at radius 1 is 1.25 bits per heavy atom. The van der Waals surface area contributed by atoms with Crippen LogP contribution in [0.25, 0.3) is 6.08 Å². The Morgan fingerprint density at radius 3 is 2.93 bits per heavy atom. The first-order valence-electron chi connectivity index (χ1n) is 8.88. The summed E-state index contributed by atoms with van der Waals surface area (Å²) >= 11 is 3.49. The van der Waals surface area contributed by atoms with Crippen LogP contribution in [0.5, 0.6) is 17.2 Å². The first-order valence-corrected chi connectivity index (χ1v) is 9.68. The Bertz CT molecular complexity index is 1000. The highest BCUT2D eigenvalue weighted by Gasteiger charge is 2.28. The van der Waals surface area contributed by atoms with E-state index in [-0.39, 0.29) is 18.3 Å². The van der Waals surface area contributed by atoms with Crippen LogP contribution in [0.3, 0.4) is 0 Å². The number of allylic oxidation sites excluding steroid dienone is 2. The Balaban J connectivity index is 1.61. The number of ether oxygens (including phenoxy) is 4. The highest BCUT2D eigenvalue weighted by Crippen LogP contribution is 2.38. The minimum absolute atomic E-state index is 0.161. The molecule has 2 aliphatic rings. The average Bonchev–Trinajstić information content (AvgIpc) is 2.96. The SMILES string of the molecule is CC(C)=CCOc1ccc2c(c1)OC(=Cc1cc(Br)cc3c1OCOC3)C2=O. The molecule has 0 aliphatic carbocycles. The fourth-order valence-electron chi connectivity index (χ4n) is 3.02. The molecule has 2 aliphatic heterocycles. The van der Waals surface area contributed by atoms with Crippen LogP contribution in [0, 0.1) is 0 Å². The molecule has 28 heavy (non-hydrogen) atoms. The molecule has 0 radical (unpaired) electrons. The molecule has 0 saturated heterocycles. The molecule has 2 aromatic carbocycles. The summed E-state index contributed by atoms with van der Waals surface area (Å²) in [5.74, 6) is 1.96. The van der Waals surface area contributed by atoms with Gasteiger partial charge in [0.2, 0.25) is 5.78 Å². The van der Waals surface area contributed by atoms with Crippen LogP contribution >= 0.6 is 15.9 Å². The number of fused-ring (bicyclic) bond motifs is 2. The van der Waals surface area contributed by atoms with Crippen molar-refractivity contribution in [3.8, 4) is 17.2 Å². The number of Topliss-reactive ketones (excluding diaryl/α,β-unsaturated/α-hetero) is 1. The van der Waals surface area contributed by atoms with Gasteiger partial charge in [0, 0.05) is 21.7 Å². The fourth-order valence-corrected chi connectivity index (χ4v) is 3.54. The lowest BCUT2D eigenvalue weighted by molar-refractivity contribution is -0.0165. The molecular formula is C22H19BrO5. The van der Waals surface area contributed by atoms with Crippen LogP contribution in [-0.2, 0) is 11.3 Å². The molecule has 5 nitrogen and oxygen atoms in total. The molecule has 0 atom stereocenters. The minimum Gasteiger partial charge on any atom is -0.489 e.